The topological polar surface area (TPSA) is 50.4 Å². The van der Waals surface area contributed by atoms with E-state index >= 15 is 0 Å². The highest BCUT2D eigenvalue weighted by atomic mass is 16.6. The predicted molar refractivity (Wildman–Crippen MR) is 85.3 cm³/mol. The van der Waals surface area contributed by atoms with Gasteiger partial charge in [-0.25, -0.2) is 4.79 Å². The summed E-state index contributed by atoms with van der Waals surface area (Å²) < 4.78 is 5.34. The van der Waals surface area contributed by atoms with Crippen LogP contribution in [-0.2, 0) is 4.74 Å². The van der Waals surface area contributed by atoms with Gasteiger partial charge in [-0.15, -0.1) is 6.58 Å². The van der Waals surface area contributed by atoms with Crippen molar-refractivity contribution in [3.05, 3.63) is 12.7 Å². The third-order valence-corrected chi connectivity index (χ3v) is 4.64. The summed E-state index contributed by atoms with van der Waals surface area (Å²) in [5.74, 6) is 0. The molecule has 0 aromatic heterocycles. The summed E-state index contributed by atoms with van der Waals surface area (Å²) in [6, 6.07) is 0.958. The summed E-state index contributed by atoms with van der Waals surface area (Å²) in [6.45, 7) is 10.5. The van der Waals surface area contributed by atoms with E-state index in [-0.39, 0.29) is 6.09 Å². The van der Waals surface area contributed by atoms with Crippen molar-refractivity contribution in [1.82, 2.24) is 10.6 Å². The van der Waals surface area contributed by atoms with Crippen molar-refractivity contribution >= 4 is 6.09 Å². The number of hydrogen-bond acceptors (Lipinski definition) is 3. The molecule has 2 aliphatic carbocycles. The number of alkyl carbamates (subject to hydrolysis) is 1. The highest BCUT2D eigenvalue weighted by molar-refractivity contribution is 5.68. The van der Waals surface area contributed by atoms with Crippen LogP contribution >= 0.6 is 0 Å². The number of nitrogens with one attached hydrogen (secondary N) is 2. The second kappa shape index (κ2) is 6.39. The van der Waals surface area contributed by atoms with Crippen LogP contribution < -0.4 is 10.6 Å². The van der Waals surface area contributed by atoms with Crippen LogP contribution in [0.5, 0.6) is 0 Å². The molecule has 2 aliphatic rings. The molecule has 4 nitrogen and oxygen atoms in total. The molecule has 0 saturated heterocycles. The van der Waals surface area contributed by atoms with Crippen LogP contribution in [-0.4, -0.2) is 30.3 Å². The molecule has 2 N–H and O–H groups in total. The third kappa shape index (κ3) is 4.73. The van der Waals surface area contributed by atoms with Crippen LogP contribution in [0.2, 0.25) is 0 Å². The lowest BCUT2D eigenvalue weighted by Crippen LogP contribution is -2.39. The molecular weight excluding hydrogens is 264 g/mol. The second-order valence-corrected chi connectivity index (χ2v) is 7.57. The van der Waals surface area contributed by atoms with Gasteiger partial charge in [0.25, 0.3) is 0 Å². The minimum Gasteiger partial charge on any atom is -0.444 e. The van der Waals surface area contributed by atoms with E-state index in [1.165, 1.54) is 25.7 Å². The summed E-state index contributed by atoms with van der Waals surface area (Å²) in [4.78, 5) is 11.8. The number of hydrogen-bond donors (Lipinski definition) is 2. The van der Waals surface area contributed by atoms with Gasteiger partial charge in [0.2, 0.25) is 0 Å². The minimum absolute atomic E-state index is 0.268. The van der Waals surface area contributed by atoms with Gasteiger partial charge < -0.3 is 15.4 Å². The fourth-order valence-corrected chi connectivity index (χ4v) is 3.34. The summed E-state index contributed by atoms with van der Waals surface area (Å²) in [7, 11) is 0. The molecule has 1 atom stereocenters. The van der Waals surface area contributed by atoms with E-state index in [0.29, 0.717) is 17.5 Å². The molecule has 2 rings (SSSR count). The van der Waals surface area contributed by atoms with Gasteiger partial charge in [0.1, 0.15) is 5.60 Å². The first kappa shape index (κ1) is 16.3. The molecule has 4 heteroatoms. The van der Waals surface area contributed by atoms with Crippen LogP contribution in [0.1, 0.15) is 59.3 Å². The van der Waals surface area contributed by atoms with E-state index < -0.39 is 5.60 Å². The molecule has 1 unspecified atom stereocenters. The number of amides is 1. The van der Waals surface area contributed by atoms with E-state index in [2.05, 4.69) is 17.2 Å². The zero-order chi connectivity index (χ0) is 15.5. The van der Waals surface area contributed by atoms with Gasteiger partial charge in [0, 0.05) is 12.1 Å². The second-order valence-electron chi connectivity index (χ2n) is 7.57. The van der Waals surface area contributed by atoms with Crippen molar-refractivity contribution in [2.24, 2.45) is 5.41 Å². The molecule has 0 aromatic carbocycles. The maximum atomic E-state index is 11.8. The van der Waals surface area contributed by atoms with Crippen molar-refractivity contribution in [3.8, 4) is 0 Å². The standard InChI is InChI=1S/C17H30N2O2/c1-5-6-11-18-13-7-9-17(10-8-13)12-14(17)19-15(20)21-16(2,3)4/h5,13-14,18H,1,6-12H2,2-4H3,(H,19,20). The zero-order valence-electron chi connectivity index (χ0n) is 13.7. The molecule has 2 saturated carbocycles. The Labute approximate surface area is 128 Å². The van der Waals surface area contributed by atoms with Crippen LogP contribution in [0.25, 0.3) is 0 Å². The van der Waals surface area contributed by atoms with Crippen molar-refractivity contribution < 1.29 is 9.53 Å². The van der Waals surface area contributed by atoms with Gasteiger partial charge in [0.05, 0.1) is 0 Å². The fraction of sp³-hybridized carbons (Fsp3) is 0.824. The highest BCUT2D eigenvalue weighted by Gasteiger charge is 2.55. The highest BCUT2D eigenvalue weighted by Crippen LogP contribution is 2.56. The third-order valence-electron chi connectivity index (χ3n) is 4.64. The molecule has 0 bridgehead atoms. The van der Waals surface area contributed by atoms with Gasteiger partial charge in [-0.2, -0.15) is 0 Å². The maximum Gasteiger partial charge on any atom is 0.407 e. The Balaban J connectivity index is 1.69. The Hall–Kier alpha value is -1.03. The van der Waals surface area contributed by atoms with Crippen molar-refractivity contribution in [2.45, 2.75) is 77.0 Å². The van der Waals surface area contributed by atoms with Crippen LogP contribution in [0, 0.1) is 5.41 Å². The lowest BCUT2D eigenvalue weighted by atomic mass is 9.82. The van der Waals surface area contributed by atoms with Gasteiger partial charge in [-0.3, -0.25) is 0 Å². The molecule has 0 radical (unpaired) electrons. The maximum absolute atomic E-state index is 11.8. The Morgan fingerprint density at radius 2 is 2.05 bits per heavy atom. The van der Waals surface area contributed by atoms with E-state index in [0.717, 1.165) is 19.4 Å². The summed E-state index contributed by atoms with van der Waals surface area (Å²) in [6.07, 6.45) is 8.68. The average Bonchev–Trinajstić information content (AvgIpc) is 3.02. The lowest BCUT2D eigenvalue weighted by molar-refractivity contribution is 0.0512. The molecule has 0 aromatic rings. The minimum atomic E-state index is -0.418. The fourth-order valence-electron chi connectivity index (χ4n) is 3.34. The molecule has 0 heterocycles. The smallest absolute Gasteiger partial charge is 0.407 e. The number of carbonyl (C=O) groups is 1. The van der Waals surface area contributed by atoms with E-state index in [9.17, 15) is 4.79 Å². The quantitative estimate of drug-likeness (QED) is 0.604. The van der Waals surface area contributed by atoms with E-state index in [1.807, 2.05) is 26.8 Å². The van der Waals surface area contributed by atoms with Crippen LogP contribution in [0.15, 0.2) is 12.7 Å². The molecule has 21 heavy (non-hydrogen) atoms. The first-order valence-electron chi connectivity index (χ1n) is 8.18. The number of ether oxygens (including phenoxy) is 1. The molecule has 1 spiro atoms. The molecule has 120 valence electrons. The zero-order valence-corrected chi connectivity index (χ0v) is 13.7. The lowest BCUT2D eigenvalue weighted by Gasteiger charge is -2.30. The Morgan fingerprint density at radius 3 is 2.62 bits per heavy atom. The SMILES string of the molecule is C=CCCNC1CCC2(CC1)CC2NC(=O)OC(C)(C)C. The Bertz CT molecular complexity index is 379. The van der Waals surface area contributed by atoms with Crippen LogP contribution in [0.3, 0.4) is 0 Å². The van der Waals surface area contributed by atoms with Crippen molar-refractivity contribution in [3.63, 3.8) is 0 Å². The van der Waals surface area contributed by atoms with Gasteiger partial charge in [0.15, 0.2) is 0 Å². The van der Waals surface area contributed by atoms with Crippen molar-refractivity contribution in [1.29, 1.82) is 0 Å². The van der Waals surface area contributed by atoms with E-state index in [1.54, 1.807) is 0 Å². The van der Waals surface area contributed by atoms with Gasteiger partial charge in [-0.1, -0.05) is 6.08 Å². The summed E-state index contributed by atoms with van der Waals surface area (Å²) in [5.41, 5.74) is -0.0631. The number of carbonyl (C=O) groups excluding carboxylic acids is 1. The average molecular weight is 294 g/mol. The molecule has 1 amide bonds. The van der Waals surface area contributed by atoms with Gasteiger partial charge >= 0.3 is 6.09 Å². The van der Waals surface area contributed by atoms with E-state index in [4.69, 9.17) is 4.74 Å². The first-order chi connectivity index (χ1) is 9.85. The summed E-state index contributed by atoms with van der Waals surface area (Å²) in [5, 5.41) is 6.63. The molecule has 2 fully saturated rings. The van der Waals surface area contributed by atoms with Gasteiger partial charge in [-0.05, 0) is 71.3 Å². The van der Waals surface area contributed by atoms with Crippen molar-refractivity contribution in [2.75, 3.05) is 6.54 Å². The Morgan fingerprint density at radius 1 is 1.38 bits per heavy atom. The first-order valence-corrected chi connectivity index (χ1v) is 8.18. The Kier molecular flexibility index (Phi) is 4.97. The monoisotopic (exact) mass is 294 g/mol. The summed E-state index contributed by atoms with van der Waals surface area (Å²) >= 11 is 0. The molecule has 0 aliphatic heterocycles. The predicted octanol–water partition coefficient (Wildman–Crippen LogP) is 3.38. The van der Waals surface area contributed by atoms with Crippen LogP contribution in [0.4, 0.5) is 4.79 Å². The molecular formula is C17H30N2O2. The largest absolute Gasteiger partial charge is 0.444 e. The normalized spacial score (nSPS) is 31.8. The number of rotatable bonds is 5.